The fourth-order valence-corrected chi connectivity index (χ4v) is 5.01. The molecule has 120 valence electrons. The van der Waals surface area contributed by atoms with Crippen molar-refractivity contribution < 1.29 is 13.2 Å². The number of sulfone groups is 1. The minimum absolute atomic E-state index is 0.0452. The Morgan fingerprint density at radius 3 is 2.77 bits per heavy atom. The molecule has 3 rings (SSSR count). The van der Waals surface area contributed by atoms with Gasteiger partial charge in [-0.1, -0.05) is 23.7 Å². The van der Waals surface area contributed by atoms with Crippen LogP contribution in [0, 0.1) is 5.92 Å². The summed E-state index contributed by atoms with van der Waals surface area (Å²) in [6, 6.07) is 5.84. The Labute approximate surface area is 136 Å². The number of carbonyl (C=O) groups is 1. The van der Waals surface area contributed by atoms with Gasteiger partial charge in [-0.05, 0) is 48.8 Å². The lowest BCUT2D eigenvalue weighted by Gasteiger charge is -2.36. The third-order valence-electron chi connectivity index (χ3n) is 4.65. The Bertz CT molecular complexity index is 695. The predicted molar refractivity (Wildman–Crippen MR) is 86.9 cm³/mol. The lowest BCUT2D eigenvalue weighted by atomic mass is 9.81. The summed E-state index contributed by atoms with van der Waals surface area (Å²) in [4.78, 5) is 12.4. The predicted octanol–water partition coefficient (Wildman–Crippen LogP) is 2.31. The molecule has 2 aliphatic carbocycles. The van der Waals surface area contributed by atoms with Crippen molar-refractivity contribution in [3.05, 3.63) is 34.3 Å². The topological polar surface area (TPSA) is 63.2 Å². The van der Waals surface area contributed by atoms with Gasteiger partial charge in [0, 0.05) is 17.3 Å². The number of rotatable bonds is 4. The molecule has 1 N–H and O–H groups in total. The molecule has 4 nitrogen and oxygen atoms in total. The highest BCUT2D eigenvalue weighted by Crippen LogP contribution is 2.38. The molecule has 1 atom stereocenters. The lowest BCUT2D eigenvalue weighted by molar-refractivity contribution is -0.124. The smallest absolute Gasteiger partial charge is 0.227 e. The van der Waals surface area contributed by atoms with E-state index in [0.29, 0.717) is 0 Å². The van der Waals surface area contributed by atoms with E-state index in [2.05, 4.69) is 5.32 Å². The van der Waals surface area contributed by atoms with Gasteiger partial charge in [0.15, 0.2) is 0 Å². The van der Waals surface area contributed by atoms with E-state index in [-0.39, 0.29) is 29.5 Å². The number of hydrogen-bond acceptors (Lipinski definition) is 3. The van der Waals surface area contributed by atoms with Crippen LogP contribution in [0.15, 0.2) is 18.2 Å². The molecule has 0 radical (unpaired) electrons. The second kappa shape index (κ2) is 5.85. The molecule has 6 heteroatoms. The van der Waals surface area contributed by atoms with Crippen LogP contribution in [0.2, 0.25) is 5.02 Å². The first-order valence-electron chi connectivity index (χ1n) is 7.59. The summed E-state index contributed by atoms with van der Waals surface area (Å²) in [5, 5.41) is 3.80. The van der Waals surface area contributed by atoms with Crippen LogP contribution in [0.3, 0.4) is 0 Å². The van der Waals surface area contributed by atoms with Gasteiger partial charge in [0.05, 0.1) is 11.7 Å². The summed E-state index contributed by atoms with van der Waals surface area (Å²) in [7, 11) is -2.92. The minimum atomic E-state index is -2.92. The van der Waals surface area contributed by atoms with Gasteiger partial charge in [-0.15, -0.1) is 0 Å². The van der Waals surface area contributed by atoms with Crippen molar-refractivity contribution in [1.82, 2.24) is 5.32 Å². The number of fused-ring (bicyclic) bond motifs is 1. The van der Waals surface area contributed by atoms with Gasteiger partial charge < -0.3 is 5.32 Å². The van der Waals surface area contributed by atoms with Gasteiger partial charge in [-0.2, -0.15) is 0 Å². The number of hydrogen-bond donors (Lipinski definition) is 1. The molecular formula is C16H20ClNO3S. The number of benzene rings is 1. The average molecular weight is 342 g/mol. The molecule has 22 heavy (non-hydrogen) atoms. The largest absolute Gasteiger partial charge is 0.353 e. The van der Waals surface area contributed by atoms with Crippen LogP contribution in [0.25, 0.3) is 0 Å². The van der Waals surface area contributed by atoms with E-state index >= 15 is 0 Å². The molecule has 0 bridgehead atoms. The van der Waals surface area contributed by atoms with Crippen molar-refractivity contribution in [1.29, 1.82) is 0 Å². The fraction of sp³-hybridized carbons (Fsp3) is 0.562. The maximum Gasteiger partial charge on any atom is 0.227 e. The van der Waals surface area contributed by atoms with E-state index in [1.54, 1.807) is 0 Å². The van der Waals surface area contributed by atoms with Crippen molar-refractivity contribution >= 4 is 27.3 Å². The Balaban J connectivity index is 1.56. The molecule has 1 unspecified atom stereocenters. The summed E-state index contributed by atoms with van der Waals surface area (Å²) >= 11 is 6.18. The Hall–Kier alpha value is -1.07. The molecule has 1 amide bonds. The first-order valence-corrected chi connectivity index (χ1v) is 10.0. The van der Waals surface area contributed by atoms with Gasteiger partial charge in [-0.25, -0.2) is 8.42 Å². The quantitative estimate of drug-likeness (QED) is 0.914. The average Bonchev–Trinajstić information content (AvgIpc) is 2.80. The van der Waals surface area contributed by atoms with Crippen LogP contribution >= 0.6 is 11.6 Å². The van der Waals surface area contributed by atoms with Crippen molar-refractivity contribution in [2.24, 2.45) is 5.92 Å². The zero-order chi connectivity index (χ0) is 15.9. The van der Waals surface area contributed by atoms with E-state index in [9.17, 15) is 13.2 Å². The summed E-state index contributed by atoms with van der Waals surface area (Å²) in [5.41, 5.74) is 2.13. The van der Waals surface area contributed by atoms with Crippen LogP contribution in [0.1, 0.15) is 36.3 Å². The standard InChI is InChI=1S/C16H20ClNO3S/c1-22(20,21)9-10-7-11(8-10)18-16(19)14-6-5-13-12(14)3-2-4-15(13)17/h2-4,10-11,14H,5-9H2,1H3,(H,18,19). The molecule has 1 aromatic carbocycles. The molecule has 0 aromatic heterocycles. The molecule has 1 saturated carbocycles. The summed E-state index contributed by atoms with van der Waals surface area (Å²) in [6.45, 7) is 0. The van der Waals surface area contributed by atoms with E-state index in [0.717, 1.165) is 41.8 Å². The summed E-state index contributed by atoms with van der Waals surface area (Å²) in [6.07, 6.45) is 4.42. The highest BCUT2D eigenvalue weighted by Gasteiger charge is 2.36. The van der Waals surface area contributed by atoms with Crippen molar-refractivity contribution in [2.75, 3.05) is 12.0 Å². The van der Waals surface area contributed by atoms with Crippen molar-refractivity contribution in [3.8, 4) is 0 Å². The van der Waals surface area contributed by atoms with E-state index < -0.39 is 9.84 Å². The second-order valence-corrected chi connectivity index (χ2v) is 9.13. The second-order valence-electron chi connectivity index (χ2n) is 6.53. The van der Waals surface area contributed by atoms with Crippen LogP contribution < -0.4 is 5.32 Å². The lowest BCUT2D eigenvalue weighted by Crippen LogP contribution is -2.47. The highest BCUT2D eigenvalue weighted by atomic mass is 35.5. The first kappa shape index (κ1) is 15.8. The molecule has 0 heterocycles. The van der Waals surface area contributed by atoms with Crippen LogP contribution in [0.4, 0.5) is 0 Å². The fourth-order valence-electron chi connectivity index (χ4n) is 3.60. The monoisotopic (exact) mass is 341 g/mol. The molecule has 2 aliphatic rings. The third kappa shape index (κ3) is 3.30. The van der Waals surface area contributed by atoms with Crippen LogP contribution in [-0.2, 0) is 21.1 Å². The maximum atomic E-state index is 12.4. The number of nitrogens with one attached hydrogen (secondary N) is 1. The SMILES string of the molecule is CS(=O)(=O)CC1CC(NC(=O)C2CCc3c(Cl)cccc32)C1. The molecule has 0 saturated heterocycles. The van der Waals surface area contributed by atoms with E-state index in [1.807, 2.05) is 18.2 Å². The zero-order valence-electron chi connectivity index (χ0n) is 12.5. The van der Waals surface area contributed by atoms with E-state index in [1.165, 1.54) is 6.26 Å². The van der Waals surface area contributed by atoms with Gasteiger partial charge in [0.1, 0.15) is 9.84 Å². The summed E-state index contributed by atoms with van der Waals surface area (Å²) in [5.74, 6) is 0.332. The van der Waals surface area contributed by atoms with Crippen LogP contribution in [0.5, 0.6) is 0 Å². The summed E-state index contributed by atoms with van der Waals surface area (Å²) < 4.78 is 22.5. The van der Waals surface area contributed by atoms with Gasteiger partial charge in [0.2, 0.25) is 5.91 Å². The molecule has 1 fully saturated rings. The van der Waals surface area contributed by atoms with Crippen molar-refractivity contribution in [2.45, 2.75) is 37.6 Å². The first-order chi connectivity index (χ1) is 10.3. The molecule has 0 aliphatic heterocycles. The Morgan fingerprint density at radius 2 is 2.09 bits per heavy atom. The Kier molecular flexibility index (Phi) is 4.21. The normalized spacial score (nSPS) is 27.1. The minimum Gasteiger partial charge on any atom is -0.353 e. The number of carbonyl (C=O) groups excluding carboxylic acids is 1. The van der Waals surface area contributed by atoms with Gasteiger partial charge in [0.25, 0.3) is 0 Å². The zero-order valence-corrected chi connectivity index (χ0v) is 14.1. The highest BCUT2D eigenvalue weighted by molar-refractivity contribution is 7.90. The molecule has 1 aromatic rings. The van der Waals surface area contributed by atoms with Crippen LogP contribution in [-0.4, -0.2) is 32.4 Å². The van der Waals surface area contributed by atoms with Crippen molar-refractivity contribution in [3.63, 3.8) is 0 Å². The van der Waals surface area contributed by atoms with E-state index in [4.69, 9.17) is 11.6 Å². The number of halogens is 1. The maximum absolute atomic E-state index is 12.4. The third-order valence-corrected chi connectivity index (χ3v) is 6.08. The number of amides is 1. The Morgan fingerprint density at radius 1 is 1.36 bits per heavy atom. The van der Waals surface area contributed by atoms with Gasteiger partial charge >= 0.3 is 0 Å². The molecule has 0 spiro atoms. The molecular weight excluding hydrogens is 322 g/mol. The van der Waals surface area contributed by atoms with Gasteiger partial charge in [-0.3, -0.25) is 4.79 Å².